The van der Waals surface area contributed by atoms with E-state index in [0.29, 0.717) is 18.4 Å². The predicted molar refractivity (Wildman–Crippen MR) is 147 cm³/mol. The van der Waals surface area contributed by atoms with E-state index in [2.05, 4.69) is 101 Å². The van der Waals surface area contributed by atoms with Crippen LogP contribution in [0.3, 0.4) is 0 Å². The summed E-state index contributed by atoms with van der Waals surface area (Å²) in [5, 5.41) is 3.59. The molecule has 5 nitrogen and oxygen atoms in total. The number of benzene rings is 2. The van der Waals surface area contributed by atoms with E-state index in [9.17, 15) is 0 Å². The van der Waals surface area contributed by atoms with Gasteiger partial charge in [-0.05, 0) is 91.4 Å². The molecular weight excluding hydrogens is 444 g/mol. The van der Waals surface area contributed by atoms with Crippen molar-refractivity contribution < 1.29 is 9.22 Å². The molecule has 2 aromatic carbocycles. The largest absolute Gasteiger partial charge is 0.367 e. The molecule has 36 heavy (non-hydrogen) atoms. The first-order chi connectivity index (χ1) is 17.1. The van der Waals surface area contributed by atoms with Gasteiger partial charge in [0, 0.05) is 22.3 Å². The molecule has 0 bridgehead atoms. The van der Waals surface area contributed by atoms with Crippen LogP contribution in [-0.4, -0.2) is 43.4 Å². The Morgan fingerprint density at radius 1 is 1.08 bits per heavy atom. The number of nitrogens with zero attached hydrogens (tertiary/aromatic N) is 4. The van der Waals surface area contributed by atoms with Crippen LogP contribution in [0.4, 0.5) is 0 Å². The molecule has 2 heterocycles. The van der Waals surface area contributed by atoms with E-state index in [0.717, 1.165) is 30.5 Å². The van der Waals surface area contributed by atoms with Crippen LogP contribution < -0.4 is 0 Å². The second-order valence-electron chi connectivity index (χ2n) is 11.4. The second kappa shape index (κ2) is 10.3. The van der Waals surface area contributed by atoms with Gasteiger partial charge < -0.3 is 9.22 Å². The molecule has 2 aliphatic rings. The third-order valence-corrected chi connectivity index (χ3v) is 8.90. The lowest BCUT2D eigenvalue weighted by atomic mass is 9.76. The fraction of sp³-hybridized carbons (Fsp3) is 0.548. The number of aryl methyl sites for hydroxylation is 5. The molecule has 2 saturated heterocycles. The lowest BCUT2D eigenvalue weighted by Crippen LogP contribution is -2.49. The molecule has 0 amide bonds. The molecule has 0 aliphatic carbocycles. The highest BCUT2D eigenvalue weighted by Crippen LogP contribution is 2.57. The van der Waals surface area contributed by atoms with Crippen LogP contribution in [0.25, 0.3) is 10.4 Å². The number of rotatable bonds is 5. The Balaban J connectivity index is 1.75. The highest BCUT2D eigenvalue weighted by molar-refractivity contribution is 5.41. The average molecular weight is 486 g/mol. The molecule has 190 valence electrons. The molecule has 2 fully saturated rings. The van der Waals surface area contributed by atoms with Gasteiger partial charge in [-0.25, -0.2) is 0 Å². The van der Waals surface area contributed by atoms with Gasteiger partial charge in [-0.2, -0.15) is 0 Å². The van der Waals surface area contributed by atoms with Crippen molar-refractivity contribution in [3.8, 4) is 11.8 Å². The van der Waals surface area contributed by atoms with Crippen LogP contribution >= 0.6 is 0 Å². The maximum atomic E-state index is 8.60. The summed E-state index contributed by atoms with van der Waals surface area (Å²) < 4.78 is 7.80. The van der Waals surface area contributed by atoms with Gasteiger partial charge in [0.1, 0.15) is 18.2 Å². The van der Waals surface area contributed by atoms with Crippen molar-refractivity contribution in [2.24, 2.45) is 11.0 Å². The van der Waals surface area contributed by atoms with E-state index in [1.54, 1.807) is 0 Å². The summed E-state index contributed by atoms with van der Waals surface area (Å²) in [5.41, 5.74) is 18.0. The third-order valence-electron chi connectivity index (χ3n) is 8.90. The molecular formula is C31H41N4O+. The van der Waals surface area contributed by atoms with Crippen LogP contribution in [0.2, 0.25) is 0 Å². The van der Waals surface area contributed by atoms with Gasteiger partial charge in [0.2, 0.25) is 0 Å². The van der Waals surface area contributed by atoms with E-state index >= 15 is 0 Å². The van der Waals surface area contributed by atoms with Crippen molar-refractivity contribution in [2.75, 3.05) is 33.3 Å². The summed E-state index contributed by atoms with van der Waals surface area (Å²) >= 11 is 0. The Morgan fingerprint density at radius 2 is 1.86 bits per heavy atom. The van der Waals surface area contributed by atoms with Crippen LogP contribution in [0.15, 0.2) is 35.4 Å². The van der Waals surface area contributed by atoms with Gasteiger partial charge in [-0.15, -0.1) is 0 Å². The molecule has 0 saturated carbocycles. The highest BCUT2D eigenvalue weighted by atomic mass is 16.5. The van der Waals surface area contributed by atoms with Crippen LogP contribution in [-0.2, 0) is 11.2 Å². The van der Waals surface area contributed by atoms with Crippen molar-refractivity contribution in [3.63, 3.8) is 0 Å². The van der Waals surface area contributed by atoms with E-state index in [4.69, 9.17) is 10.3 Å². The molecule has 5 heteroatoms. The molecule has 1 spiro atoms. The molecule has 4 rings (SSSR count). The van der Waals surface area contributed by atoms with Gasteiger partial charge >= 0.3 is 0 Å². The Kier molecular flexibility index (Phi) is 7.53. The molecule has 5 atom stereocenters. The van der Waals surface area contributed by atoms with E-state index in [-0.39, 0.29) is 18.2 Å². The summed E-state index contributed by atoms with van der Waals surface area (Å²) in [4.78, 5) is 2.83. The lowest BCUT2D eigenvalue weighted by molar-refractivity contribution is -0.924. The maximum Gasteiger partial charge on any atom is 0.145 e. The zero-order valence-corrected chi connectivity index (χ0v) is 23.1. The monoisotopic (exact) mass is 485 g/mol. The quantitative estimate of drug-likeness (QED) is 0.150. The zero-order valence-electron chi connectivity index (χ0n) is 23.1. The SMILES string of the molecule is CCc1cc(C2COC3(C2)C(C)C[N+](C)(CC#CCN=[N+]=[N-])C3c2ccc(C)c(C)c2)c(C)cc1C. The number of ether oxygens (including phenoxy) is 1. The summed E-state index contributed by atoms with van der Waals surface area (Å²) in [6.07, 6.45) is 2.09. The van der Waals surface area contributed by atoms with Gasteiger partial charge in [-0.1, -0.05) is 49.1 Å². The minimum Gasteiger partial charge on any atom is -0.367 e. The Labute approximate surface area is 217 Å². The fourth-order valence-corrected chi connectivity index (χ4v) is 7.00. The average Bonchev–Trinajstić information content (AvgIpc) is 3.35. The standard InChI is InChI=1S/C31H41N4O/c1-8-26-17-29(24(5)15-23(26)4)28-18-31(36-20-28)25(6)19-35(7,14-10-9-13-33-34-32)30(31)27-12-11-21(2)22(3)16-27/h11-12,15-17,25,28,30H,8,13-14,18-20H2,1-7H3/q+1. The Morgan fingerprint density at radius 3 is 2.56 bits per heavy atom. The van der Waals surface area contributed by atoms with Crippen LogP contribution in [0, 0.1) is 45.5 Å². The number of hydrogen-bond donors (Lipinski definition) is 0. The van der Waals surface area contributed by atoms with E-state index in [1.165, 1.54) is 38.9 Å². The van der Waals surface area contributed by atoms with Gasteiger partial charge in [0.05, 0.1) is 26.7 Å². The van der Waals surface area contributed by atoms with Crippen molar-refractivity contribution in [2.45, 2.75) is 71.9 Å². The minimum absolute atomic E-state index is 0.196. The Bertz CT molecular complexity index is 1250. The number of likely N-dealkylation sites (N-methyl/N-ethyl adjacent to an activating group) is 1. The molecule has 0 aromatic heterocycles. The van der Waals surface area contributed by atoms with Gasteiger partial charge in [0.25, 0.3) is 0 Å². The fourth-order valence-electron chi connectivity index (χ4n) is 7.00. The summed E-state index contributed by atoms with van der Waals surface area (Å²) in [6.45, 7) is 16.2. The summed E-state index contributed by atoms with van der Waals surface area (Å²) in [6, 6.07) is 11.9. The predicted octanol–water partition coefficient (Wildman–Crippen LogP) is 6.88. The third kappa shape index (κ3) is 4.66. The van der Waals surface area contributed by atoms with Crippen molar-refractivity contribution >= 4 is 0 Å². The summed E-state index contributed by atoms with van der Waals surface area (Å²) in [5.74, 6) is 7.18. The van der Waals surface area contributed by atoms with Crippen molar-refractivity contribution in [3.05, 3.63) is 79.7 Å². The van der Waals surface area contributed by atoms with E-state index in [1.807, 2.05) is 0 Å². The maximum absolute atomic E-state index is 8.60. The highest BCUT2D eigenvalue weighted by Gasteiger charge is 2.64. The smallest absolute Gasteiger partial charge is 0.145 e. The normalized spacial score (nSPS) is 29.1. The van der Waals surface area contributed by atoms with Gasteiger partial charge in [-0.3, -0.25) is 0 Å². The molecule has 0 radical (unpaired) electrons. The van der Waals surface area contributed by atoms with Crippen molar-refractivity contribution in [1.29, 1.82) is 0 Å². The summed E-state index contributed by atoms with van der Waals surface area (Å²) in [7, 11) is 2.33. The molecule has 0 N–H and O–H groups in total. The lowest BCUT2D eigenvalue weighted by Gasteiger charge is -2.40. The first-order valence-corrected chi connectivity index (χ1v) is 13.3. The molecule has 2 aliphatic heterocycles. The first kappa shape index (κ1) is 26.3. The zero-order chi connectivity index (χ0) is 26.1. The molecule has 5 unspecified atom stereocenters. The Hall–Kier alpha value is -2.77. The second-order valence-corrected chi connectivity index (χ2v) is 11.4. The van der Waals surface area contributed by atoms with Crippen LogP contribution in [0.1, 0.15) is 71.2 Å². The number of likely N-dealkylation sites (tertiary alicyclic amines) is 1. The number of azide groups is 1. The van der Waals surface area contributed by atoms with E-state index < -0.39 is 0 Å². The molecule has 2 aromatic rings. The topological polar surface area (TPSA) is 58.0 Å². The number of hydrogen-bond acceptors (Lipinski definition) is 2. The minimum atomic E-state index is -0.239. The first-order valence-electron chi connectivity index (χ1n) is 13.3. The number of quaternary nitrogens is 1. The van der Waals surface area contributed by atoms with Crippen LogP contribution in [0.5, 0.6) is 0 Å². The van der Waals surface area contributed by atoms with Gasteiger partial charge in [0.15, 0.2) is 0 Å². The van der Waals surface area contributed by atoms with Crippen molar-refractivity contribution in [1.82, 2.24) is 0 Å².